The van der Waals surface area contributed by atoms with Gasteiger partial charge in [0, 0.05) is 18.6 Å². The number of hydrogen-bond donors (Lipinski definition) is 0. The van der Waals surface area contributed by atoms with Gasteiger partial charge in [-0.1, -0.05) is 11.8 Å². The SMILES string of the molecule is C1COC2=C(C1)OC1=C(O2)SCCC1. The predicted molar refractivity (Wildman–Crippen MR) is 53.1 cm³/mol. The maximum Gasteiger partial charge on any atom is 0.325 e. The van der Waals surface area contributed by atoms with E-state index in [-0.39, 0.29) is 0 Å². The van der Waals surface area contributed by atoms with Crippen LogP contribution < -0.4 is 0 Å². The van der Waals surface area contributed by atoms with Gasteiger partial charge in [0.05, 0.1) is 6.61 Å². The number of hydrogen-bond acceptors (Lipinski definition) is 4. The third kappa shape index (κ3) is 1.38. The van der Waals surface area contributed by atoms with Crippen LogP contribution in [0, 0.1) is 0 Å². The smallest absolute Gasteiger partial charge is 0.325 e. The summed E-state index contributed by atoms with van der Waals surface area (Å²) in [6, 6.07) is 0. The molecule has 3 nitrogen and oxygen atoms in total. The van der Waals surface area contributed by atoms with Crippen LogP contribution in [-0.2, 0) is 14.2 Å². The zero-order valence-electron chi connectivity index (χ0n) is 7.88. The molecule has 0 aliphatic carbocycles. The van der Waals surface area contributed by atoms with Gasteiger partial charge in [-0.15, -0.1) is 0 Å². The van der Waals surface area contributed by atoms with E-state index in [4.69, 9.17) is 14.2 Å². The van der Waals surface area contributed by atoms with Gasteiger partial charge >= 0.3 is 5.95 Å². The number of thioether (sulfide) groups is 1. The molecular weight excluding hydrogens is 200 g/mol. The molecule has 0 amide bonds. The standard InChI is InChI=1S/C10H12O3S/c1-3-7-9(11-5-1)13-10-8(12-7)4-2-6-14-10/h1-6H2. The van der Waals surface area contributed by atoms with Crippen molar-refractivity contribution in [3.8, 4) is 0 Å². The van der Waals surface area contributed by atoms with Crippen molar-refractivity contribution in [3.05, 3.63) is 22.6 Å². The minimum absolute atomic E-state index is 0.601. The zero-order chi connectivity index (χ0) is 9.38. The zero-order valence-corrected chi connectivity index (χ0v) is 8.69. The second-order valence-electron chi connectivity index (χ2n) is 3.53. The van der Waals surface area contributed by atoms with E-state index in [0.29, 0.717) is 5.95 Å². The topological polar surface area (TPSA) is 27.7 Å². The van der Waals surface area contributed by atoms with E-state index in [1.165, 1.54) is 6.42 Å². The van der Waals surface area contributed by atoms with Crippen LogP contribution in [0.1, 0.15) is 25.7 Å². The summed E-state index contributed by atoms with van der Waals surface area (Å²) in [6.45, 7) is 0.746. The molecule has 0 aromatic rings. The Morgan fingerprint density at radius 1 is 1.00 bits per heavy atom. The van der Waals surface area contributed by atoms with Gasteiger partial charge in [-0.2, -0.15) is 0 Å². The Hall–Kier alpha value is -0.770. The first-order valence-corrected chi connectivity index (χ1v) is 5.99. The van der Waals surface area contributed by atoms with E-state index < -0.39 is 0 Å². The van der Waals surface area contributed by atoms with Crippen LogP contribution >= 0.6 is 11.8 Å². The maximum atomic E-state index is 5.78. The third-order valence-electron chi connectivity index (χ3n) is 2.45. The monoisotopic (exact) mass is 212 g/mol. The molecule has 0 bridgehead atoms. The third-order valence-corrected chi connectivity index (χ3v) is 3.52. The maximum absolute atomic E-state index is 5.78. The van der Waals surface area contributed by atoms with Gasteiger partial charge in [-0.05, 0) is 12.8 Å². The molecule has 3 aliphatic rings. The number of allylic oxidation sites excluding steroid dienone is 2. The van der Waals surface area contributed by atoms with Crippen molar-refractivity contribution < 1.29 is 14.2 Å². The Morgan fingerprint density at radius 3 is 2.93 bits per heavy atom. The van der Waals surface area contributed by atoms with Crippen molar-refractivity contribution >= 4 is 11.8 Å². The predicted octanol–water partition coefficient (Wildman–Crippen LogP) is 2.71. The molecule has 14 heavy (non-hydrogen) atoms. The summed E-state index contributed by atoms with van der Waals surface area (Å²) in [5.41, 5.74) is 0. The van der Waals surface area contributed by atoms with E-state index in [9.17, 15) is 0 Å². The first-order valence-electron chi connectivity index (χ1n) is 5.01. The summed E-state index contributed by atoms with van der Waals surface area (Å²) in [5, 5.41) is 0.914. The van der Waals surface area contributed by atoms with Crippen LogP contribution in [0.2, 0.25) is 0 Å². The summed E-state index contributed by atoms with van der Waals surface area (Å²) < 4.78 is 16.9. The quantitative estimate of drug-likeness (QED) is 0.617. The summed E-state index contributed by atoms with van der Waals surface area (Å²) in [5.74, 6) is 3.61. The summed E-state index contributed by atoms with van der Waals surface area (Å²) in [4.78, 5) is 0. The fourth-order valence-corrected chi connectivity index (χ4v) is 2.66. The Morgan fingerprint density at radius 2 is 1.93 bits per heavy atom. The highest BCUT2D eigenvalue weighted by atomic mass is 32.2. The van der Waals surface area contributed by atoms with Crippen molar-refractivity contribution in [2.45, 2.75) is 25.7 Å². The second-order valence-corrected chi connectivity index (χ2v) is 4.60. The highest BCUT2D eigenvalue weighted by Gasteiger charge is 2.29. The first-order chi connectivity index (χ1) is 6.93. The molecule has 0 saturated carbocycles. The van der Waals surface area contributed by atoms with E-state index >= 15 is 0 Å². The molecule has 4 heteroatoms. The van der Waals surface area contributed by atoms with Gasteiger partial charge in [-0.3, -0.25) is 0 Å². The van der Waals surface area contributed by atoms with E-state index in [2.05, 4.69) is 0 Å². The van der Waals surface area contributed by atoms with Crippen molar-refractivity contribution in [2.24, 2.45) is 0 Å². The van der Waals surface area contributed by atoms with Crippen LogP contribution in [-0.4, -0.2) is 12.4 Å². The molecule has 0 radical (unpaired) electrons. The normalized spacial score (nSPS) is 25.7. The minimum Gasteiger partial charge on any atom is -0.463 e. The van der Waals surface area contributed by atoms with Gasteiger partial charge < -0.3 is 14.2 Å². The number of ether oxygens (including phenoxy) is 3. The van der Waals surface area contributed by atoms with Crippen LogP contribution in [0.4, 0.5) is 0 Å². The lowest BCUT2D eigenvalue weighted by atomic mass is 10.2. The van der Waals surface area contributed by atoms with Crippen LogP contribution in [0.5, 0.6) is 0 Å². The van der Waals surface area contributed by atoms with Crippen molar-refractivity contribution in [3.63, 3.8) is 0 Å². The second kappa shape index (κ2) is 3.42. The Labute approximate surface area is 87.1 Å². The average molecular weight is 212 g/mol. The van der Waals surface area contributed by atoms with Crippen molar-refractivity contribution in [1.82, 2.24) is 0 Å². The Balaban J connectivity index is 1.84. The van der Waals surface area contributed by atoms with Gasteiger partial charge in [-0.25, -0.2) is 0 Å². The molecular formula is C10H12O3S. The molecule has 0 saturated heterocycles. The molecule has 0 spiro atoms. The van der Waals surface area contributed by atoms with Gasteiger partial charge in [0.2, 0.25) is 5.09 Å². The molecule has 3 aliphatic heterocycles. The molecule has 0 fully saturated rings. The Kier molecular flexibility index (Phi) is 2.09. The van der Waals surface area contributed by atoms with Crippen LogP contribution in [0.15, 0.2) is 22.6 Å². The largest absolute Gasteiger partial charge is 0.463 e. The number of rotatable bonds is 0. The molecule has 0 aromatic heterocycles. The fraction of sp³-hybridized carbons (Fsp3) is 0.600. The molecule has 0 aromatic carbocycles. The highest BCUT2D eigenvalue weighted by molar-refractivity contribution is 8.02. The molecule has 76 valence electrons. The van der Waals surface area contributed by atoms with Crippen molar-refractivity contribution in [1.29, 1.82) is 0 Å². The minimum atomic E-state index is 0.601. The van der Waals surface area contributed by atoms with Crippen molar-refractivity contribution in [2.75, 3.05) is 12.4 Å². The molecule has 3 heterocycles. The lowest BCUT2D eigenvalue weighted by Crippen LogP contribution is -2.18. The lowest BCUT2D eigenvalue weighted by molar-refractivity contribution is 0.0111. The van der Waals surface area contributed by atoms with E-state index in [1.807, 2.05) is 0 Å². The lowest BCUT2D eigenvalue weighted by Gasteiger charge is -2.29. The van der Waals surface area contributed by atoms with Crippen LogP contribution in [0.25, 0.3) is 0 Å². The van der Waals surface area contributed by atoms with Crippen LogP contribution in [0.3, 0.4) is 0 Å². The summed E-state index contributed by atoms with van der Waals surface area (Å²) >= 11 is 1.72. The molecule has 3 rings (SSSR count). The first kappa shape index (κ1) is 8.53. The summed E-state index contributed by atoms with van der Waals surface area (Å²) in [6.07, 6.45) is 4.14. The summed E-state index contributed by atoms with van der Waals surface area (Å²) in [7, 11) is 0. The molecule has 0 unspecified atom stereocenters. The molecule has 0 atom stereocenters. The highest BCUT2D eigenvalue weighted by Crippen LogP contribution is 2.40. The van der Waals surface area contributed by atoms with Gasteiger partial charge in [0.1, 0.15) is 0 Å². The van der Waals surface area contributed by atoms with Gasteiger partial charge in [0.15, 0.2) is 11.5 Å². The average Bonchev–Trinajstić information content (AvgIpc) is 2.26. The Bertz CT molecular complexity index is 259. The van der Waals surface area contributed by atoms with E-state index in [0.717, 1.165) is 48.2 Å². The van der Waals surface area contributed by atoms with Gasteiger partial charge in [0.25, 0.3) is 0 Å². The molecule has 0 N–H and O–H groups in total. The van der Waals surface area contributed by atoms with E-state index in [1.54, 1.807) is 11.8 Å². The fourth-order valence-electron chi connectivity index (χ4n) is 1.75.